The molecule has 0 aliphatic rings. The smallest absolute Gasteiger partial charge is 0.306 e. The Kier molecular flexibility index (Phi) is 52.5. The molecule has 0 amide bonds. The van der Waals surface area contributed by atoms with Gasteiger partial charge in [-0.15, -0.1) is 0 Å². The Morgan fingerprint density at radius 3 is 1.09 bits per heavy atom. The highest BCUT2D eigenvalue weighted by atomic mass is 16.6. The van der Waals surface area contributed by atoms with E-state index in [4.69, 9.17) is 14.2 Å². The molecule has 0 aliphatic heterocycles. The molecule has 0 N–H and O–H groups in total. The normalized spacial score (nSPS) is 13.2. The maximum Gasteiger partial charge on any atom is 0.306 e. The minimum Gasteiger partial charge on any atom is -0.462 e. The van der Waals surface area contributed by atoms with Crippen molar-refractivity contribution in [3.8, 4) is 0 Å². The molecule has 0 aromatic rings. The van der Waals surface area contributed by atoms with Crippen molar-refractivity contribution in [2.24, 2.45) is 0 Å². The van der Waals surface area contributed by atoms with Gasteiger partial charge in [0.15, 0.2) is 6.10 Å². The average molecular weight is 913 g/mol. The molecule has 0 saturated heterocycles. The summed E-state index contributed by atoms with van der Waals surface area (Å²) in [7, 11) is 0. The molecule has 374 valence electrons. The molecule has 5 heteroatoms. The summed E-state index contributed by atoms with van der Waals surface area (Å²) in [4.78, 5) is 25.5. The van der Waals surface area contributed by atoms with E-state index in [0.29, 0.717) is 19.4 Å². The van der Waals surface area contributed by atoms with Crippen LogP contribution in [0.1, 0.15) is 226 Å². The van der Waals surface area contributed by atoms with Crippen LogP contribution >= 0.6 is 0 Å². The van der Waals surface area contributed by atoms with E-state index in [0.717, 1.165) is 135 Å². The minimum absolute atomic E-state index is 0.0558. The minimum atomic E-state index is -0.569. The number of esters is 2. The maximum atomic E-state index is 12.8. The van der Waals surface area contributed by atoms with E-state index in [1.165, 1.54) is 57.8 Å². The maximum absolute atomic E-state index is 12.8. The lowest BCUT2D eigenvalue weighted by atomic mass is 10.1. The number of hydrogen-bond acceptors (Lipinski definition) is 5. The van der Waals surface area contributed by atoms with Gasteiger partial charge in [0.1, 0.15) is 6.61 Å². The van der Waals surface area contributed by atoms with Gasteiger partial charge in [0.25, 0.3) is 0 Å². The SMILES string of the molecule is CC/C=C\C/C=C\C/C=C\C/C=C\CCCCCCCCC(=O)OCC(COCCCCCCCC/C=C\C/C=C\CCC)OC(=O)CCCCCC/C=C\C/C=C\C/C=C\C/C=C\CC. The molecular weight excluding hydrogens is 813 g/mol. The molecule has 1 unspecified atom stereocenters. The molecule has 0 heterocycles. The average Bonchev–Trinajstić information content (AvgIpc) is 3.32. The van der Waals surface area contributed by atoms with Crippen molar-refractivity contribution in [1.29, 1.82) is 0 Å². The highest BCUT2D eigenvalue weighted by Gasteiger charge is 2.17. The first-order valence-corrected chi connectivity index (χ1v) is 27.1. The summed E-state index contributed by atoms with van der Waals surface area (Å²) < 4.78 is 17.4. The number of allylic oxidation sites excluding steroid dienone is 20. The van der Waals surface area contributed by atoms with Gasteiger partial charge in [0.05, 0.1) is 6.61 Å². The van der Waals surface area contributed by atoms with Crippen LogP contribution in [0.2, 0.25) is 0 Å². The predicted octanol–water partition coefficient (Wildman–Crippen LogP) is 18.6. The number of ether oxygens (including phenoxy) is 3. The molecule has 0 aromatic carbocycles. The van der Waals surface area contributed by atoms with Crippen molar-refractivity contribution in [2.75, 3.05) is 19.8 Å². The predicted molar refractivity (Wildman–Crippen MR) is 288 cm³/mol. The fourth-order valence-electron chi connectivity index (χ4n) is 7.00. The summed E-state index contributed by atoms with van der Waals surface area (Å²) in [6, 6.07) is 0. The van der Waals surface area contributed by atoms with Crippen LogP contribution in [0.15, 0.2) is 122 Å². The summed E-state index contributed by atoms with van der Waals surface area (Å²) in [5.41, 5.74) is 0. The Morgan fingerprint density at radius 1 is 0.348 bits per heavy atom. The highest BCUT2D eigenvalue weighted by Crippen LogP contribution is 2.13. The first-order chi connectivity index (χ1) is 32.6. The second kappa shape index (κ2) is 55.6. The molecule has 0 fully saturated rings. The molecule has 5 nitrogen and oxygen atoms in total. The van der Waals surface area contributed by atoms with Gasteiger partial charge in [-0.1, -0.05) is 213 Å². The topological polar surface area (TPSA) is 61.8 Å². The van der Waals surface area contributed by atoms with E-state index in [2.05, 4.69) is 142 Å². The van der Waals surface area contributed by atoms with Gasteiger partial charge in [0, 0.05) is 19.4 Å². The number of hydrogen-bond donors (Lipinski definition) is 0. The monoisotopic (exact) mass is 913 g/mol. The Balaban J connectivity index is 4.38. The van der Waals surface area contributed by atoms with E-state index in [9.17, 15) is 9.59 Å². The van der Waals surface area contributed by atoms with Gasteiger partial charge in [0.2, 0.25) is 0 Å². The van der Waals surface area contributed by atoms with Crippen LogP contribution in [0.4, 0.5) is 0 Å². The van der Waals surface area contributed by atoms with E-state index in [1.807, 2.05) is 0 Å². The number of carbonyl (C=O) groups is 2. The summed E-state index contributed by atoms with van der Waals surface area (Å²) in [5.74, 6) is -0.452. The lowest BCUT2D eigenvalue weighted by Crippen LogP contribution is -2.30. The highest BCUT2D eigenvalue weighted by molar-refractivity contribution is 5.70. The van der Waals surface area contributed by atoms with E-state index < -0.39 is 6.10 Å². The molecule has 0 saturated carbocycles. The molecule has 0 radical (unpaired) electrons. The first kappa shape index (κ1) is 62.3. The Bertz CT molecular complexity index is 1350. The van der Waals surface area contributed by atoms with Crippen LogP contribution in [0.25, 0.3) is 0 Å². The fraction of sp³-hybridized carbons (Fsp3) is 0.639. The van der Waals surface area contributed by atoms with Crippen LogP contribution in [0.5, 0.6) is 0 Å². The van der Waals surface area contributed by atoms with Crippen LogP contribution < -0.4 is 0 Å². The van der Waals surface area contributed by atoms with Crippen molar-refractivity contribution in [3.63, 3.8) is 0 Å². The molecule has 0 aromatic heterocycles. The second-order valence-corrected chi connectivity index (χ2v) is 17.4. The third kappa shape index (κ3) is 52.9. The van der Waals surface area contributed by atoms with Crippen LogP contribution in [-0.2, 0) is 23.8 Å². The van der Waals surface area contributed by atoms with E-state index in [1.54, 1.807) is 0 Å². The number of rotatable bonds is 48. The Morgan fingerprint density at radius 2 is 0.682 bits per heavy atom. The lowest BCUT2D eigenvalue weighted by molar-refractivity contribution is -0.163. The fourth-order valence-corrected chi connectivity index (χ4v) is 7.00. The van der Waals surface area contributed by atoms with E-state index >= 15 is 0 Å². The molecule has 0 spiro atoms. The standard InChI is InChI=1S/C61H100O5/c1-4-7-10-13-16-19-22-25-28-30-31-33-34-36-39-42-45-48-51-54-60(62)65-58-59(57-64-56-53-50-47-44-41-38-27-24-21-18-15-12-9-6-3)66-61(63)55-52-49-46-43-40-37-35-32-29-26-23-20-17-14-11-8-5-2/h7-8,10-12,15-17,19-21,24-26,28-29,31,33,35,37,59H,4-6,9,13-14,18,22-23,27,30,32,34,36,38-58H2,1-3H3/b10-7-,11-8-,15-12-,19-16-,20-17-,24-21-,28-25-,29-26-,33-31-,37-35-. The van der Waals surface area contributed by atoms with Gasteiger partial charge >= 0.3 is 11.9 Å². The quantitative estimate of drug-likeness (QED) is 0.0346. The summed E-state index contributed by atoms with van der Waals surface area (Å²) in [6.45, 7) is 7.47. The van der Waals surface area contributed by atoms with Gasteiger partial charge in [-0.2, -0.15) is 0 Å². The van der Waals surface area contributed by atoms with Crippen molar-refractivity contribution < 1.29 is 23.8 Å². The first-order valence-electron chi connectivity index (χ1n) is 27.1. The molecule has 1 atom stereocenters. The van der Waals surface area contributed by atoms with Crippen LogP contribution in [0, 0.1) is 0 Å². The third-order valence-corrected chi connectivity index (χ3v) is 10.9. The Hall–Kier alpha value is -3.70. The van der Waals surface area contributed by atoms with Crippen molar-refractivity contribution in [1.82, 2.24) is 0 Å². The summed E-state index contributed by atoms with van der Waals surface area (Å²) in [6.07, 6.45) is 77.8. The summed E-state index contributed by atoms with van der Waals surface area (Å²) >= 11 is 0. The zero-order chi connectivity index (χ0) is 47.7. The van der Waals surface area contributed by atoms with Crippen LogP contribution in [0.3, 0.4) is 0 Å². The van der Waals surface area contributed by atoms with E-state index in [-0.39, 0.29) is 25.2 Å². The third-order valence-electron chi connectivity index (χ3n) is 10.9. The number of carbonyl (C=O) groups excluding carboxylic acids is 2. The lowest BCUT2D eigenvalue weighted by Gasteiger charge is -2.18. The van der Waals surface area contributed by atoms with Crippen molar-refractivity contribution in [2.45, 2.75) is 232 Å². The van der Waals surface area contributed by atoms with Gasteiger partial charge in [-0.05, 0) is 122 Å². The van der Waals surface area contributed by atoms with Crippen molar-refractivity contribution in [3.05, 3.63) is 122 Å². The van der Waals surface area contributed by atoms with Gasteiger partial charge in [-0.3, -0.25) is 9.59 Å². The molecule has 0 aliphatic carbocycles. The molecular formula is C61H100O5. The van der Waals surface area contributed by atoms with Crippen LogP contribution in [-0.4, -0.2) is 37.9 Å². The Labute approximate surface area is 407 Å². The van der Waals surface area contributed by atoms with Crippen molar-refractivity contribution >= 4 is 11.9 Å². The second-order valence-electron chi connectivity index (χ2n) is 17.4. The zero-order valence-electron chi connectivity index (χ0n) is 42.9. The molecule has 0 bridgehead atoms. The molecule has 0 rings (SSSR count). The van der Waals surface area contributed by atoms with Gasteiger partial charge in [-0.25, -0.2) is 0 Å². The largest absolute Gasteiger partial charge is 0.462 e. The number of unbranched alkanes of at least 4 members (excludes halogenated alkanes) is 17. The summed E-state index contributed by atoms with van der Waals surface area (Å²) in [5, 5.41) is 0. The van der Waals surface area contributed by atoms with Gasteiger partial charge < -0.3 is 14.2 Å². The zero-order valence-corrected chi connectivity index (χ0v) is 42.9. The molecule has 66 heavy (non-hydrogen) atoms.